The molecule has 0 heterocycles. The summed E-state index contributed by atoms with van der Waals surface area (Å²) in [5.41, 5.74) is 8.29. The van der Waals surface area contributed by atoms with Crippen LogP contribution < -0.4 is 5.73 Å². The number of nitrogens with two attached hydrogens (primary N) is 1. The zero-order chi connectivity index (χ0) is 11.8. The van der Waals surface area contributed by atoms with Crippen molar-refractivity contribution in [3.63, 3.8) is 0 Å². The number of anilines is 1. The van der Waals surface area contributed by atoms with E-state index in [1.807, 2.05) is 0 Å². The van der Waals surface area contributed by atoms with Crippen molar-refractivity contribution in [2.75, 3.05) is 12.8 Å². The van der Waals surface area contributed by atoms with E-state index in [1.54, 1.807) is 0 Å². The smallest absolute Gasteiger partial charge is 0.0366 e. The van der Waals surface area contributed by atoms with E-state index in [1.165, 1.54) is 29.2 Å². The number of nitrogens with zero attached hydrogens (tertiary/aromatic N) is 1. The molecule has 0 radical (unpaired) electrons. The van der Waals surface area contributed by atoms with Gasteiger partial charge in [0.1, 0.15) is 0 Å². The standard InChI is InChI=1S/C15H18N2/c1-17(14-6-7-14)10-13-8-11-4-2-3-5-12(11)9-15(13)16/h2-5,8-9,14H,6-7,10,16H2,1H3. The maximum atomic E-state index is 6.13. The number of benzene rings is 2. The summed E-state index contributed by atoms with van der Waals surface area (Å²) in [4.78, 5) is 2.40. The van der Waals surface area contributed by atoms with Crippen LogP contribution in [0.5, 0.6) is 0 Å². The maximum Gasteiger partial charge on any atom is 0.0366 e. The second-order valence-corrected chi connectivity index (χ2v) is 5.04. The van der Waals surface area contributed by atoms with Gasteiger partial charge in [-0.25, -0.2) is 0 Å². The Labute approximate surface area is 102 Å². The van der Waals surface area contributed by atoms with E-state index in [2.05, 4.69) is 48.3 Å². The first-order valence-electron chi connectivity index (χ1n) is 6.21. The van der Waals surface area contributed by atoms with Crippen LogP contribution in [0.25, 0.3) is 10.8 Å². The summed E-state index contributed by atoms with van der Waals surface area (Å²) in [6, 6.07) is 13.5. The molecule has 0 saturated heterocycles. The largest absolute Gasteiger partial charge is 0.398 e. The summed E-state index contributed by atoms with van der Waals surface area (Å²) in [5.74, 6) is 0. The Morgan fingerprint density at radius 2 is 1.82 bits per heavy atom. The lowest BCUT2D eigenvalue weighted by atomic mass is 10.0. The van der Waals surface area contributed by atoms with E-state index < -0.39 is 0 Å². The highest BCUT2D eigenvalue weighted by Gasteiger charge is 2.26. The number of hydrogen-bond acceptors (Lipinski definition) is 2. The van der Waals surface area contributed by atoms with Crippen LogP contribution in [0, 0.1) is 0 Å². The summed E-state index contributed by atoms with van der Waals surface area (Å²) >= 11 is 0. The van der Waals surface area contributed by atoms with Gasteiger partial charge in [0.2, 0.25) is 0 Å². The van der Waals surface area contributed by atoms with Gasteiger partial charge in [0, 0.05) is 18.3 Å². The van der Waals surface area contributed by atoms with E-state index in [4.69, 9.17) is 5.73 Å². The molecule has 0 atom stereocenters. The molecule has 0 unspecified atom stereocenters. The van der Waals surface area contributed by atoms with E-state index in [-0.39, 0.29) is 0 Å². The number of hydrogen-bond donors (Lipinski definition) is 1. The number of rotatable bonds is 3. The molecule has 2 heteroatoms. The number of fused-ring (bicyclic) bond motifs is 1. The van der Waals surface area contributed by atoms with Crippen molar-refractivity contribution in [1.29, 1.82) is 0 Å². The molecule has 0 bridgehead atoms. The molecule has 1 aliphatic rings. The van der Waals surface area contributed by atoms with Gasteiger partial charge in [0.25, 0.3) is 0 Å². The van der Waals surface area contributed by atoms with Crippen molar-refractivity contribution in [3.8, 4) is 0 Å². The van der Waals surface area contributed by atoms with Crippen molar-refractivity contribution in [3.05, 3.63) is 42.0 Å². The van der Waals surface area contributed by atoms with Crippen LogP contribution in [0.15, 0.2) is 36.4 Å². The minimum absolute atomic E-state index is 0.779. The van der Waals surface area contributed by atoms with Gasteiger partial charge in [0.15, 0.2) is 0 Å². The lowest BCUT2D eigenvalue weighted by Gasteiger charge is -2.17. The average molecular weight is 226 g/mol. The molecule has 0 aliphatic heterocycles. The summed E-state index contributed by atoms with van der Waals surface area (Å²) in [6.07, 6.45) is 2.67. The summed E-state index contributed by atoms with van der Waals surface area (Å²) in [6.45, 7) is 0.960. The molecule has 0 aromatic heterocycles. The molecule has 1 fully saturated rings. The van der Waals surface area contributed by atoms with Gasteiger partial charge in [-0.3, -0.25) is 4.90 Å². The minimum Gasteiger partial charge on any atom is -0.398 e. The van der Waals surface area contributed by atoms with Crippen molar-refractivity contribution >= 4 is 16.5 Å². The molecule has 2 aromatic rings. The zero-order valence-electron chi connectivity index (χ0n) is 10.2. The molecule has 3 rings (SSSR count). The second kappa shape index (κ2) is 4.04. The summed E-state index contributed by atoms with van der Waals surface area (Å²) in [7, 11) is 2.19. The fraction of sp³-hybridized carbons (Fsp3) is 0.333. The van der Waals surface area contributed by atoms with Crippen LogP contribution in [0.1, 0.15) is 18.4 Å². The van der Waals surface area contributed by atoms with Crippen LogP contribution in [0.3, 0.4) is 0 Å². The van der Waals surface area contributed by atoms with Gasteiger partial charge in [-0.2, -0.15) is 0 Å². The third kappa shape index (κ3) is 2.13. The number of nitrogen functional groups attached to an aromatic ring is 1. The van der Waals surface area contributed by atoms with Crippen molar-refractivity contribution in [1.82, 2.24) is 4.90 Å². The van der Waals surface area contributed by atoms with Crippen molar-refractivity contribution in [2.45, 2.75) is 25.4 Å². The van der Waals surface area contributed by atoms with Gasteiger partial charge in [-0.1, -0.05) is 24.3 Å². The summed E-state index contributed by atoms with van der Waals surface area (Å²) < 4.78 is 0. The zero-order valence-corrected chi connectivity index (χ0v) is 10.2. The Balaban J connectivity index is 1.94. The van der Waals surface area contributed by atoms with Gasteiger partial charge in [-0.05, 0) is 48.4 Å². The van der Waals surface area contributed by atoms with Crippen LogP contribution in [-0.4, -0.2) is 18.0 Å². The van der Waals surface area contributed by atoms with Gasteiger partial charge < -0.3 is 5.73 Å². The molecule has 2 N–H and O–H groups in total. The normalized spacial score (nSPS) is 15.6. The van der Waals surface area contributed by atoms with E-state index in [9.17, 15) is 0 Å². The Morgan fingerprint density at radius 1 is 1.18 bits per heavy atom. The molecule has 1 saturated carbocycles. The van der Waals surface area contributed by atoms with E-state index >= 15 is 0 Å². The second-order valence-electron chi connectivity index (χ2n) is 5.04. The van der Waals surface area contributed by atoms with E-state index in [0.717, 1.165) is 18.3 Å². The Kier molecular flexibility index (Phi) is 2.52. The monoisotopic (exact) mass is 226 g/mol. The Hall–Kier alpha value is -1.54. The molecular weight excluding hydrogens is 208 g/mol. The van der Waals surface area contributed by atoms with Crippen LogP contribution in [0.2, 0.25) is 0 Å². The first-order valence-corrected chi connectivity index (χ1v) is 6.21. The summed E-state index contributed by atoms with van der Waals surface area (Å²) in [5, 5.41) is 2.50. The van der Waals surface area contributed by atoms with Crippen LogP contribution in [-0.2, 0) is 6.54 Å². The van der Waals surface area contributed by atoms with Gasteiger partial charge >= 0.3 is 0 Å². The first-order chi connectivity index (χ1) is 8.24. The topological polar surface area (TPSA) is 29.3 Å². The average Bonchev–Trinajstić information content (AvgIpc) is 3.14. The van der Waals surface area contributed by atoms with Crippen molar-refractivity contribution < 1.29 is 0 Å². The first kappa shape index (κ1) is 10.6. The molecule has 2 nitrogen and oxygen atoms in total. The van der Waals surface area contributed by atoms with Crippen LogP contribution >= 0.6 is 0 Å². The molecular formula is C15H18N2. The highest BCUT2D eigenvalue weighted by Crippen LogP contribution is 2.29. The van der Waals surface area contributed by atoms with Crippen LogP contribution in [0.4, 0.5) is 5.69 Å². The quantitative estimate of drug-likeness (QED) is 0.815. The minimum atomic E-state index is 0.779. The lowest BCUT2D eigenvalue weighted by Crippen LogP contribution is -2.20. The highest BCUT2D eigenvalue weighted by molar-refractivity contribution is 5.86. The SMILES string of the molecule is CN(Cc1cc2ccccc2cc1N)C1CC1. The third-order valence-corrected chi connectivity index (χ3v) is 3.60. The Morgan fingerprint density at radius 3 is 2.47 bits per heavy atom. The molecule has 17 heavy (non-hydrogen) atoms. The molecule has 88 valence electrons. The third-order valence-electron chi connectivity index (χ3n) is 3.60. The predicted octanol–water partition coefficient (Wildman–Crippen LogP) is 3.02. The van der Waals surface area contributed by atoms with E-state index in [0.29, 0.717) is 0 Å². The molecule has 1 aliphatic carbocycles. The van der Waals surface area contributed by atoms with Gasteiger partial charge in [-0.15, -0.1) is 0 Å². The fourth-order valence-corrected chi connectivity index (χ4v) is 2.36. The van der Waals surface area contributed by atoms with Gasteiger partial charge in [0.05, 0.1) is 0 Å². The Bertz CT molecular complexity index is 544. The molecule has 0 spiro atoms. The lowest BCUT2D eigenvalue weighted by molar-refractivity contribution is 0.317. The maximum absolute atomic E-state index is 6.13. The highest BCUT2D eigenvalue weighted by atomic mass is 15.1. The molecule has 0 amide bonds. The van der Waals surface area contributed by atoms with Crippen molar-refractivity contribution in [2.24, 2.45) is 0 Å². The molecule has 2 aromatic carbocycles. The fourth-order valence-electron chi connectivity index (χ4n) is 2.36. The predicted molar refractivity (Wildman–Crippen MR) is 72.8 cm³/mol.